The smallest absolute Gasteiger partial charge is 0.0570 e. The molecule has 0 spiro atoms. The van der Waals surface area contributed by atoms with E-state index in [9.17, 15) is 0 Å². The monoisotopic (exact) mass is 314 g/mol. The minimum absolute atomic E-state index is 0.352. The van der Waals surface area contributed by atoms with Crippen molar-refractivity contribution in [1.29, 1.82) is 0 Å². The first-order valence-corrected chi connectivity index (χ1v) is 8.78. The quantitative estimate of drug-likeness (QED) is 0.720. The van der Waals surface area contributed by atoms with Crippen LogP contribution >= 0.6 is 22.7 Å². The van der Waals surface area contributed by atoms with Gasteiger partial charge >= 0.3 is 0 Å². The zero-order chi connectivity index (χ0) is 14.5. The summed E-state index contributed by atoms with van der Waals surface area (Å²) < 4.78 is 0. The van der Waals surface area contributed by atoms with E-state index in [1.807, 2.05) is 34.9 Å². The molecule has 1 atom stereocenters. The normalized spacial score (nSPS) is 12.4. The van der Waals surface area contributed by atoms with Gasteiger partial charge in [0.05, 0.1) is 5.69 Å². The molecule has 4 heteroatoms. The molecule has 3 aromatic heterocycles. The highest BCUT2D eigenvalue weighted by Gasteiger charge is 2.14. The molecule has 0 amide bonds. The molecular weight excluding hydrogens is 296 g/mol. The highest BCUT2D eigenvalue weighted by molar-refractivity contribution is 7.10. The molecule has 108 valence electrons. The topological polar surface area (TPSA) is 24.9 Å². The van der Waals surface area contributed by atoms with Gasteiger partial charge in [-0.2, -0.15) is 0 Å². The van der Waals surface area contributed by atoms with E-state index in [2.05, 4.69) is 58.3 Å². The first-order valence-electron chi connectivity index (χ1n) is 7.02. The van der Waals surface area contributed by atoms with Crippen molar-refractivity contribution in [3.63, 3.8) is 0 Å². The van der Waals surface area contributed by atoms with Crippen molar-refractivity contribution in [1.82, 2.24) is 10.3 Å². The van der Waals surface area contributed by atoms with E-state index in [-0.39, 0.29) is 0 Å². The Bertz CT molecular complexity index is 660. The van der Waals surface area contributed by atoms with Crippen LogP contribution in [0.3, 0.4) is 0 Å². The Morgan fingerprint density at radius 2 is 1.95 bits per heavy atom. The fourth-order valence-corrected chi connectivity index (χ4v) is 3.87. The summed E-state index contributed by atoms with van der Waals surface area (Å²) in [6, 6.07) is 13.1. The third-order valence-electron chi connectivity index (χ3n) is 3.51. The van der Waals surface area contributed by atoms with E-state index >= 15 is 0 Å². The van der Waals surface area contributed by atoms with Gasteiger partial charge in [0.25, 0.3) is 0 Å². The van der Waals surface area contributed by atoms with E-state index in [1.165, 1.54) is 15.3 Å². The Morgan fingerprint density at radius 3 is 2.67 bits per heavy atom. The van der Waals surface area contributed by atoms with Crippen LogP contribution in [0.15, 0.2) is 53.4 Å². The molecule has 1 N–H and O–H groups in total. The predicted molar refractivity (Wildman–Crippen MR) is 90.9 cm³/mol. The van der Waals surface area contributed by atoms with Crippen LogP contribution in [0.5, 0.6) is 0 Å². The van der Waals surface area contributed by atoms with Gasteiger partial charge in [-0.3, -0.25) is 4.98 Å². The fraction of sp³-hybridized carbons (Fsp3) is 0.235. The number of hydrogen-bond acceptors (Lipinski definition) is 4. The molecule has 0 saturated carbocycles. The van der Waals surface area contributed by atoms with Crippen LogP contribution in [0.2, 0.25) is 0 Å². The summed E-state index contributed by atoms with van der Waals surface area (Å²) in [4.78, 5) is 7.27. The standard InChI is InChI=1S/C17H18N2S2/c1-13-5-2-8-18-16(13)12-19-15(17-7-4-10-21-17)11-14-6-3-9-20-14/h2-10,15,19H,11-12H2,1H3. The number of aromatic nitrogens is 1. The number of hydrogen-bond donors (Lipinski definition) is 1. The SMILES string of the molecule is Cc1cccnc1CNC(Cc1cccs1)c1cccs1. The summed E-state index contributed by atoms with van der Waals surface area (Å²) in [5.41, 5.74) is 2.37. The maximum Gasteiger partial charge on any atom is 0.0570 e. The fourth-order valence-electron chi connectivity index (χ4n) is 2.32. The minimum Gasteiger partial charge on any atom is -0.303 e. The molecule has 3 heterocycles. The van der Waals surface area contributed by atoms with Gasteiger partial charge in [0.15, 0.2) is 0 Å². The van der Waals surface area contributed by atoms with Crippen molar-refractivity contribution >= 4 is 22.7 Å². The van der Waals surface area contributed by atoms with E-state index in [0.29, 0.717) is 6.04 Å². The molecule has 3 aromatic rings. The van der Waals surface area contributed by atoms with Crippen molar-refractivity contribution in [3.05, 3.63) is 74.4 Å². The summed E-state index contributed by atoms with van der Waals surface area (Å²) >= 11 is 3.64. The second kappa shape index (κ2) is 6.98. The summed E-state index contributed by atoms with van der Waals surface area (Å²) in [6.45, 7) is 2.92. The first kappa shape index (κ1) is 14.4. The van der Waals surface area contributed by atoms with E-state index in [4.69, 9.17) is 0 Å². The number of pyridine rings is 1. The molecule has 0 aliphatic carbocycles. The number of nitrogens with one attached hydrogen (secondary N) is 1. The molecule has 0 aliphatic heterocycles. The van der Waals surface area contributed by atoms with E-state index in [1.54, 1.807) is 0 Å². The molecule has 2 nitrogen and oxygen atoms in total. The second-order valence-corrected chi connectivity index (χ2v) is 7.01. The molecule has 1 unspecified atom stereocenters. The van der Waals surface area contributed by atoms with Gasteiger partial charge in [-0.1, -0.05) is 18.2 Å². The number of nitrogens with zero attached hydrogens (tertiary/aromatic N) is 1. The molecular formula is C17H18N2S2. The summed E-state index contributed by atoms with van der Waals surface area (Å²) in [6.07, 6.45) is 2.90. The lowest BCUT2D eigenvalue weighted by Crippen LogP contribution is -2.22. The second-order valence-electron chi connectivity index (χ2n) is 5.00. The lowest BCUT2D eigenvalue weighted by Gasteiger charge is -2.17. The van der Waals surface area contributed by atoms with Crippen LogP contribution in [0, 0.1) is 6.92 Å². The highest BCUT2D eigenvalue weighted by Crippen LogP contribution is 2.25. The number of aryl methyl sites for hydroxylation is 1. The lowest BCUT2D eigenvalue weighted by molar-refractivity contribution is 0.534. The highest BCUT2D eigenvalue weighted by atomic mass is 32.1. The van der Waals surface area contributed by atoms with Crippen LogP contribution in [0.1, 0.15) is 27.1 Å². The van der Waals surface area contributed by atoms with Crippen LogP contribution in [-0.4, -0.2) is 4.98 Å². The van der Waals surface area contributed by atoms with Crippen molar-refractivity contribution in [2.45, 2.75) is 25.9 Å². The molecule has 3 rings (SSSR count). The van der Waals surface area contributed by atoms with Gasteiger partial charge < -0.3 is 5.32 Å². The maximum absolute atomic E-state index is 4.47. The largest absolute Gasteiger partial charge is 0.303 e. The van der Waals surface area contributed by atoms with Crippen LogP contribution < -0.4 is 5.32 Å². The summed E-state index contributed by atoms with van der Waals surface area (Å²) in [5.74, 6) is 0. The third kappa shape index (κ3) is 3.79. The van der Waals surface area contributed by atoms with Gasteiger partial charge in [-0.25, -0.2) is 0 Å². The minimum atomic E-state index is 0.352. The van der Waals surface area contributed by atoms with Crippen LogP contribution in [-0.2, 0) is 13.0 Å². The first-order chi connectivity index (χ1) is 10.3. The van der Waals surface area contributed by atoms with Crippen LogP contribution in [0.4, 0.5) is 0 Å². The average Bonchev–Trinajstić information content (AvgIpc) is 3.18. The van der Waals surface area contributed by atoms with Crippen LogP contribution in [0.25, 0.3) is 0 Å². The molecule has 0 radical (unpaired) electrons. The summed E-state index contributed by atoms with van der Waals surface area (Å²) in [5, 5.41) is 7.96. The zero-order valence-electron chi connectivity index (χ0n) is 12.0. The average molecular weight is 314 g/mol. The Labute approximate surface area is 133 Å². The van der Waals surface area contributed by atoms with Crippen molar-refractivity contribution in [2.24, 2.45) is 0 Å². The van der Waals surface area contributed by atoms with Crippen molar-refractivity contribution in [3.8, 4) is 0 Å². The molecule has 0 fully saturated rings. The van der Waals surface area contributed by atoms with Gasteiger partial charge in [0.1, 0.15) is 0 Å². The third-order valence-corrected chi connectivity index (χ3v) is 5.39. The van der Waals surface area contributed by atoms with Gasteiger partial charge in [0.2, 0.25) is 0 Å². The Hall–Kier alpha value is -1.49. The Kier molecular flexibility index (Phi) is 4.80. The van der Waals surface area contributed by atoms with Crippen molar-refractivity contribution in [2.75, 3.05) is 0 Å². The lowest BCUT2D eigenvalue weighted by atomic mass is 10.1. The van der Waals surface area contributed by atoms with E-state index in [0.717, 1.165) is 18.7 Å². The summed E-state index contributed by atoms with van der Waals surface area (Å²) in [7, 11) is 0. The zero-order valence-corrected chi connectivity index (χ0v) is 13.6. The molecule has 0 aromatic carbocycles. The number of rotatable bonds is 6. The number of thiophene rings is 2. The Balaban J connectivity index is 1.72. The van der Waals surface area contributed by atoms with Gasteiger partial charge in [-0.15, -0.1) is 22.7 Å². The molecule has 0 aliphatic rings. The predicted octanol–water partition coefficient (Wildman–Crippen LogP) is 4.59. The Morgan fingerprint density at radius 1 is 1.10 bits per heavy atom. The van der Waals surface area contributed by atoms with Gasteiger partial charge in [-0.05, 0) is 41.4 Å². The maximum atomic E-state index is 4.47. The molecule has 21 heavy (non-hydrogen) atoms. The van der Waals surface area contributed by atoms with Crippen molar-refractivity contribution < 1.29 is 0 Å². The van der Waals surface area contributed by atoms with Gasteiger partial charge in [0, 0.05) is 35.0 Å². The molecule has 0 saturated heterocycles. The molecule has 0 bridgehead atoms. The van der Waals surface area contributed by atoms with E-state index < -0.39 is 0 Å².